The highest BCUT2D eigenvalue weighted by Gasteiger charge is 2.10. The van der Waals surface area contributed by atoms with E-state index < -0.39 is 0 Å². The van der Waals surface area contributed by atoms with E-state index in [1.165, 1.54) is 0 Å². The number of H-pyrrole nitrogens is 1. The van der Waals surface area contributed by atoms with Crippen molar-refractivity contribution in [2.45, 2.75) is 0 Å². The number of rotatable bonds is 3. The van der Waals surface area contributed by atoms with E-state index in [1.807, 2.05) is 48.5 Å². The van der Waals surface area contributed by atoms with Crippen LogP contribution in [-0.2, 0) is 0 Å². The Hall–Kier alpha value is -2.91. The number of para-hydroxylation sites is 2. The summed E-state index contributed by atoms with van der Waals surface area (Å²) in [4.78, 5) is 20.3. The van der Waals surface area contributed by atoms with Crippen LogP contribution < -0.4 is 0 Å². The number of benzene rings is 3. The molecule has 0 saturated heterocycles. The molecule has 24 heavy (non-hydrogen) atoms. The minimum Gasteiger partial charge on any atom is -0.338 e. The second-order valence-corrected chi connectivity index (χ2v) is 5.95. The number of halogens is 1. The van der Waals surface area contributed by atoms with Gasteiger partial charge < -0.3 is 4.98 Å². The Morgan fingerprint density at radius 2 is 1.46 bits per heavy atom. The standard InChI is InChI=1S/C20H13ClN2O/c21-16-11-9-14(10-12-16)19(24)13-5-7-15(8-6-13)20-22-17-3-1-2-4-18(17)23-20/h1-12H,(H,22,23). The van der Waals surface area contributed by atoms with Crippen LogP contribution in [0.5, 0.6) is 0 Å². The summed E-state index contributed by atoms with van der Waals surface area (Å²) in [6.45, 7) is 0. The Labute approximate surface area is 143 Å². The molecule has 0 aliphatic carbocycles. The van der Waals surface area contributed by atoms with E-state index in [-0.39, 0.29) is 5.78 Å². The predicted molar refractivity (Wildman–Crippen MR) is 96.4 cm³/mol. The highest BCUT2D eigenvalue weighted by molar-refractivity contribution is 6.30. The normalized spacial score (nSPS) is 10.9. The Morgan fingerprint density at radius 3 is 2.12 bits per heavy atom. The van der Waals surface area contributed by atoms with Crippen LogP contribution in [0.4, 0.5) is 0 Å². The fourth-order valence-electron chi connectivity index (χ4n) is 2.64. The van der Waals surface area contributed by atoms with Crippen LogP contribution in [0.2, 0.25) is 5.02 Å². The average molecular weight is 333 g/mol. The van der Waals surface area contributed by atoms with Crippen LogP contribution in [0.25, 0.3) is 22.4 Å². The summed E-state index contributed by atoms with van der Waals surface area (Å²) in [5, 5.41) is 0.617. The molecule has 3 aromatic carbocycles. The molecule has 1 N–H and O–H groups in total. The van der Waals surface area contributed by atoms with Gasteiger partial charge in [0.25, 0.3) is 0 Å². The molecule has 4 aromatic rings. The van der Waals surface area contributed by atoms with Crippen molar-refractivity contribution < 1.29 is 4.79 Å². The van der Waals surface area contributed by atoms with Gasteiger partial charge in [-0.25, -0.2) is 4.98 Å². The molecule has 4 rings (SSSR count). The summed E-state index contributed by atoms with van der Waals surface area (Å²) < 4.78 is 0. The lowest BCUT2D eigenvalue weighted by molar-refractivity contribution is 0.103. The summed E-state index contributed by atoms with van der Waals surface area (Å²) >= 11 is 5.86. The number of imidazole rings is 1. The number of hydrogen-bond acceptors (Lipinski definition) is 2. The summed E-state index contributed by atoms with van der Waals surface area (Å²) in [5.74, 6) is 0.768. The molecule has 0 aliphatic heterocycles. The van der Waals surface area contributed by atoms with Crippen LogP contribution in [0.3, 0.4) is 0 Å². The zero-order valence-corrected chi connectivity index (χ0v) is 13.4. The Balaban J connectivity index is 1.64. The van der Waals surface area contributed by atoms with Crippen LogP contribution in [0.1, 0.15) is 15.9 Å². The number of nitrogens with one attached hydrogen (secondary N) is 1. The van der Waals surface area contributed by atoms with E-state index in [2.05, 4.69) is 9.97 Å². The number of fused-ring (bicyclic) bond motifs is 1. The van der Waals surface area contributed by atoms with Crippen molar-refractivity contribution >= 4 is 28.4 Å². The molecule has 0 aliphatic rings. The first kappa shape index (κ1) is 14.7. The average Bonchev–Trinajstić information content (AvgIpc) is 3.06. The van der Waals surface area contributed by atoms with Gasteiger partial charge >= 0.3 is 0 Å². The van der Waals surface area contributed by atoms with Crippen molar-refractivity contribution in [3.8, 4) is 11.4 Å². The summed E-state index contributed by atoms with van der Waals surface area (Å²) in [5.41, 5.74) is 4.12. The van der Waals surface area contributed by atoms with E-state index in [1.54, 1.807) is 24.3 Å². The summed E-state index contributed by atoms with van der Waals surface area (Å²) in [7, 11) is 0. The van der Waals surface area contributed by atoms with Gasteiger partial charge in [0, 0.05) is 21.7 Å². The number of carbonyl (C=O) groups excluding carboxylic acids is 1. The Kier molecular flexibility index (Phi) is 3.63. The summed E-state index contributed by atoms with van der Waals surface area (Å²) in [6.07, 6.45) is 0. The van der Waals surface area contributed by atoms with Crippen LogP contribution in [-0.4, -0.2) is 15.8 Å². The molecular weight excluding hydrogens is 320 g/mol. The lowest BCUT2D eigenvalue weighted by Gasteiger charge is -2.03. The first-order chi connectivity index (χ1) is 11.7. The first-order valence-corrected chi connectivity index (χ1v) is 7.94. The Morgan fingerprint density at radius 1 is 0.833 bits per heavy atom. The number of nitrogens with zero attached hydrogens (tertiary/aromatic N) is 1. The molecular formula is C20H13ClN2O. The number of ketones is 1. The van der Waals surface area contributed by atoms with Gasteiger partial charge in [-0.2, -0.15) is 0 Å². The molecule has 0 spiro atoms. The van der Waals surface area contributed by atoms with Gasteiger partial charge in [-0.05, 0) is 36.4 Å². The maximum atomic E-state index is 12.5. The molecule has 0 amide bonds. The van der Waals surface area contributed by atoms with E-state index in [9.17, 15) is 4.79 Å². The van der Waals surface area contributed by atoms with E-state index in [0.29, 0.717) is 16.1 Å². The Bertz CT molecular complexity index is 985. The van der Waals surface area contributed by atoms with Crippen molar-refractivity contribution in [1.29, 1.82) is 0 Å². The fourth-order valence-corrected chi connectivity index (χ4v) is 2.76. The van der Waals surface area contributed by atoms with Crippen LogP contribution in [0.15, 0.2) is 72.8 Å². The maximum absolute atomic E-state index is 12.5. The van der Waals surface area contributed by atoms with Crippen molar-refractivity contribution in [2.75, 3.05) is 0 Å². The molecule has 1 heterocycles. The third kappa shape index (κ3) is 2.70. The molecule has 0 unspecified atom stereocenters. The zero-order valence-electron chi connectivity index (χ0n) is 12.7. The lowest BCUT2D eigenvalue weighted by Crippen LogP contribution is -2.00. The van der Waals surface area contributed by atoms with E-state index in [4.69, 9.17) is 11.6 Å². The van der Waals surface area contributed by atoms with Gasteiger partial charge in [0.2, 0.25) is 0 Å². The SMILES string of the molecule is O=C(c1ccc(Cl)cc1)c1ccc(-c2nc3ccccc3[nH]2)cc1. The second kappa shape index (κ2) is 5.95. The minimum absolute atomic E-state index is 0.0252. The minimum atomic E-state index is -0.0252. The topological polar surface area (TPSA) is 45.8 Å². The molecule has 4 heteroatoms. The maximum Gasteiger partial charge on any atom is 0.193 e. The summed E-state index contributed by atoms with van der Waals surface area (Å²) in [6, 6.07) is 22.2. The van der Waals surface area contributed by atoms with Crippen LogP contribution in [0, 0.1) is 0 Å². The van der Waals surface area contributed by atoms with Gasteiger partial charge in [-0.1, -0.05) is 48.0 Å². The van der Waals surface area contributed by atoms with E-state index in [0.717, 1.165) is 22.4 Å². The molecule has 0 saturated carbocycles. The predicted octanol–water partition coefficient (Wildman–Crippen LogP) is 5.11. The fraction of sp³-hybridized carbons (Fsp3) is 0. The first-order valence-electron chi connectivity index (χ1n) is 7.56. The molecule has 3 nitrogen and oxygen atoms in total. The molecule has 116 valence electrons. The van der Waals surface area contributed by atoms with Crippen molar-refractivity contribution in [3.05, 3.63) is 88.9 Å². The monoisotopic (exact) mass is 332 g/mol. The highest BCUT2D eigenvalue weighted by atomic mass is 35.5. The highest BCUT2D eigenvalue weighted by Crippen LogP contribution is 2.22. The van der Waals surface area contributed by atoms with Gasteiger partial charge in [-0.3, -0.25) is 4.79 Å². The zero-order chi connectivity index (χ0) is 16.5. The molecule has 0 atom stereocenters. The van der Waals surface area contributed by atoms with Crippen molar-refractivity contribution in [1.82, 2.24) is 9.97 Å². The second-order valence-electron chi connectivity index (χ2n) is 5.52. The van der Waals surface area contributed by atoms with E-state index >= 15 is 0 Å². The molecule has 0 bridgehead atoms. The lowest BCUT2D eigenvalue weighted by atomic mass is 10.0. The number of aromatic amines is 1. The third-order valence-corrected chi connectivity index (χ3v) is 4.17. The van der Waals surface area contributed by atoms with Crippen LogP contribution >= 0.6 is 11.6 Å². The largest absolute Gasteiger partial charge is 0.338 e. The van der Waals surface area contributed by atoms with Gasteiger partial charge in [0.1, 0.15) is 5.82 Å². The van der Waals surface area contributed by atoms with Gasteiger partial charge in [-0.15, -0.1) is 0 Å². The van der Waals surface area contributed by atoms with Gasteiger partial charge in [0.05, 0.1) is 11.0 Å². The number of hydrogen-bond donors (Lipinski definition) is 1. The van der Waals surface area contributed by atoms with Crippen molar-refractivity contribution in [2.24, 2.45) is 0 Å². The quantitative estimate of drug-likeness (QED) is 0.529. The van der Waals surface area contributed by atoms with Crippen molar-refractivity contribution in [3.63, 3.8) is 0 Å². The number of carbonyl (C=O) groups is 1. The molecule has 0 radical (unpaired) electrons. The smallest absolute Gasteiger partial charge is 0.193 e. The number of aromatic nitrogens is 2. The third-order valence-electron chi connectivity index (χ3n) is 3.92. The molecule has 0 fully saturated rings. The molecule has 1 aromatic heterocycles. The van der Waals surface area contributed by atoms with Gasteiger partial charge in [0.15, 0.2) is 5.78 Å².